The van der Waals surface area contributed by atoms with Gasteiger partial charge in [-0.05, 0) is 44.9 Å². The minimum absolute atomic E-state index is 0.0456. The third-order valence-electron chi connectivity index (χ3n) is 3.53. The smallest absolute Gasteiger partial charge is 0.407 e. The molecular formula is C17H31N3O2. The zero-order valence-electron chi connectivity index (χ0n) is 14.9. The highest BCUT2D eigenvalue weighted by Gasteiger charge is 2.31. The summed E-state index contributed by atoms with van der Waals surface area (Å²) in [6.07, 6.45) is 1.66. The summed E-state index contributed by atoms with van der Waals surface area (Å²) in [5, 5.41) is 11.9. The van der Waals surface area contributed by atoms with E-state index >= 15 is 0 Å². The van der Waals surface area contributed by atoms with E-state index in [2.05, 4.69) is 37.1 Å². The van der Waals surface area contributed by atoms with Crippen molar-refractivity contribution in [2.45, 2.75) is 66.0 Å². The monoisotopic (exact) mass is 309 g/mol. The Bertz CT molecular complexity index is 415. The molecule has 1 saturated heterocycles. The number of rotatable bonds is 3. The van der Waals surface area contributed by atoms with Gasteiger partial charge in [-0.2, -0.15) is 5.26 Å². The molecule has 1 heterocycles. The molecule has 0 spiro atoms. The van der Waals surface area contributed by atoms with E-state index in [4.69, 9.17) is 10.00 Å². The Morgan fingerprint density at radius 3 is 2.41 bits per heavy atom. The van der Waals surface area contributed by atoms with Crippen LogP contribution < -0.4 is 5.32 Å². The zero-order valence-corrected chi connectivity index (χ0v) is 14.9. The first-order valence-electron chi connectivity index (χ1n) is 8.07. The van der Waals surface area contributed by atoms with Gasteiger partial charge in [0.2, 0.25) is 0 Å². The van der Waals surface area contributed by atoms with Gasteiger partial charge in [0, 0.05) is 19.1 Å². The Labute approximate surface area is 135 Å². The molecule has 0 aromatic rings. The van der Waals surface area contributed by atoms with Gasteiger partial charge in [0.15, 0.2) is 0 Å². The third kappa shape index (κ3) is 7.65. The van der Waals surface area contributed by atoms with Crippen molar-refractivity contribution < 1.29 is 9.53 Å². The van der Waals surface area contributed by atoms with Gasteiger partial charge in [-0.15, -0.1) is 0 Å². The summed E-state index contributed by atoms with van der Waals surface area (Å²) in [5.41, 5.74) is -0.243. The van der Waals surface area contributed by atoms with Crippen LogP contribution in [0, 0.1) is 22.7 Å². The van der Waals surface area contributed by atoms with Crippen LogP contribution in [0.2, 0.25) is 0 Å². The van der Waals surface area contributed by atoms with Crippen molar-refractivity contribution in [1.82, 2.24) is 10.2 Å². The zero-order chi connectivity index (χ0) is 17.0. The fourth-order valence-electron chi connectivity index (χ4n) is 3.12. The minimum Gasteiger partial charge on any atom is -0.444 e. The quantitative estimate of drug-likeness (QED) is 0.813. The van der Waals surface area contributed by atoms with Gasteiger partial charge in [-0.3, -0.25) is 4.90 Å². The number of carbonyl (C=O) groups is 1. The van der Waals surface area contributed by atoms with Crippen molar-refractivity contribution in [3.05, 3.63) is 0 Å². The fourth-order valence-corrected chi connectivity index (χ4v) is 3.12. The van der Waals surface area contributed by atoms with E-state index in [0.29, 0.717) is 19.0 Å². The van der Waals surface area contributed by atoms with Crippen molar-refractivity contribution in [3.63, 3.8) is 0 Å². The highest BCUT2D eigenvalue weighted by atomic mass is 16.6. The number of hydrogen-bond acceptors (Lipinski definition) is 4. The summed E-state index contributed by atoms with van der Waals surface area (Å²) < 4.78 is 5.34. The maximum absolute atomic E-state index is 12.0. The molecule has 1 amide bonds. The molecule has 2 atom stereocenters. The van der Waals surface area contributed by atoms with Crippen LogP contribution >= 0.6 is 0 Å². The second kappa shape index (κ2) is 7.32. The Kier molecular flexibility index (Phi) is 6.25. The predicted molar refractivity (Wildman–Crippen MR) is 87.4 cm³/mol. The molecule has 5 nitrogen and oxygen atoms in total. The normalized spacial score (nSPS) is 23.7. The van der Waals surface area contributed by atoms with Crippen LogP contribution in [-0.4, -0.2) is 42.3 Å². The van der Waals surface area contributed by atoms with Gasteiger partial charge in [0.25, 0.3) is 0 Å². The van der Waals surface area contributed by atoms with Gasteiger partial charge in [0.1, 0.15) is 5.60 Å². The molecule has 0 radical (unpaired) electrons. The third-order valence-corrected chi connectivity index (χ3v) is 3.53. The van der Waals surface area contributed by atoms with Crippen LogP contribution in [0.25, 0.3) is 0 Å². The molecule has 1 rings (SSSR count). The highest BCUT2D eigenvalue weighted by Crippen LogP contribution is 2.30. The van der Waals surface area contributed by atoms with Crippen molar-refractivity contribution in [3.8, 4) is 6.07 Å². The number of nitriles is 1. The maximum Gasteiger partial charge on any atom is 0.407 e. The highest BCUT2D eigenvalue weighted by molar-refractivity contribution is 5.68. The second-order valence-electron chi connectivity index (χ2n) is 8.56. The Balaban J connectivity index is 2.64. The predicted octanol–water partition coefficient (Wildman–Crippen LogP) is 3.16. The maximum atomic E-state index is 12.0. The SMILES string of the molecule is CC(C)(C)CC1CC(NC(=O)OC(C)(C)C)CN(CC#N)C1. The first-order chi connectivity index (χ1) is 9.98. The molecule has 126 valence electrons. The minimum atomic E-state index is -0.490. The van der Waals surface area contributed by atoms with E-state index in [1.165, 1.54) is 0 Å². The summed E-state index contributed by atoms with van der Waals surface area (Å²) >= 11 is 0. The fraction of sp³-hybridized carbons (Fsp3) is 0.882. The van der Waals surface area contributed by atoms with Crippen LogP contribution in [-0.2, 0) is 4.74 Å². The van der Waals surface area contributed by atoms with Crippen LogP contribution in [0.15, 0.2) is 0 Å². The molecule has 0 saturated carbocycles. The standard InChI is InChI=1S/C17H31N3O2/c1-16(2,3)10-13-9-14(12-20(11-13)8-7-18)19-15(21)22-17(4,5)6/h13-14H,8-12H2,1-6H3,(H,19,21). The number of likely N-dealkylation sites (tertiary alicyclic amines) is 1. The Morgan fingerprint density at radius 2 is 1.91 bits per heavy atom. The first-order valence-corrected chi connectivity index (χ1v) is 8.07. The number of piperidine rings is 1. The average molecular weight is 309 g/mol. The number of alkyl carbamates (subject to hydrolysis) is 1. The molecule has 1 N–H and O–H groups in total. The van der Waals surface area contributed by atoms with Crippen LogP contribution in [0.5, 0.6) is 0 Å². The largest absolute Gasteiger partial charge is 0.444 e. The van der Waals surface area contributed by atoms with Crippen molar-refractivity contribution >= 4 is 6.09 Å². The second-order valence-corrected chi connectivity index (χ2v) is 8.56. The van der Waals surface area contributed by atoms with Crippen molar-refractivity contribution in [2.75, 3.05) is 19.6 Å². The molecule has 0 aliphatic carbocycles. The number of nitrogens with one attached hydrogen (secondary N) is 1. The van der Waals surface area contributed by atoms with E-state index in [1.54, 1.807) is 0 Å². The van der Waals surface area contributed by atoms with E-state index in [0.717, 1.165) is 19.4 Å². The lowest BCUT2D eigenvalue weighted by atomic mass is 9.80. The van der Waals surface area contributed by atoms with E-state index in [9.17, 15) is 4.79 Å². The molecular weight excluding hydrogens is 278 g/mol. The van der Waals surface area contributed by atoms with E-state index in [1.807, 2.05) is 20.8 Å². The molecule has 5 heteroatoms. The van der Waals surface area contributed by atoms with Crippen LogP contribution in [0.3, 0.4) is 0 Å². The van der Waals surface area contributed by atoms with Crippen LogP contribution in [0.1, 0.15) is 54.4 Å². The molecule has 0 bridgehead atoms. The van der Waals surface area contributed by atoms with E-state index in [-0.39, 0.29) is 17.6 Å². The molecule has 0 aromatic heterocycles. The molecule has 1 fully saturated rings. The Hall–Kier alpha value is -1.28. The average Bonchev–Trinajstić information content (AvgIpc) is 2.22. The van der Waals surface area contributed by atoms with Gasteiger partial charge < -0.3 is 10.1 Å². The Morgan fingerprint density at radius 1 is 1.27 bits per heavy atom. The van der Waals surface area contributed by atoms with Crippen molar-refractivity contribution in [1.29, 1.82) is 5.26 Å². The van der Waals surface area contributed by atoms with Gasteiger partial charge in [-0.25, -0.2) is 4.79 Å². The molecule has 1 aliphatic rings. The van der Waals surface area contributed by atoms with Gasteiger partial charge in [-0.1, -0.05) is 20.8 Å². The number of ether oxygens (including phenoxy) is 1. The van der Waals surface area contributed by atoms with Gasteiger partial charge >= 0.3 is 6.09 Å². The molecule has 22 heavy (non-hydrogen) atoms. The lowest BCUT2D eigenvalue weighted by Gasteiger charge is -2.39. The number of carbonyl (C=O) groups excluding carboxylic acids is 1. The number of hydrogen-bond donors (Lipinski definition) is 1. The molecule has 1 aliphatic heterocycles. The summed E-state index contributed by atoms with van der Waals surface area (Å²) in [6.45, 7) is 14.3. The summed E-state index contributed by atoms with van der Waals surface area (Å²) in [4.78, 5) is 14.1. The first kappa shape index (κ1) is 18.8. The van der Waals surface area contributed by atoms with Crippen molar-refractivity contribution in [2.24, 2.45) is 11.3 Å². The van der Waals surface area contributed by atoms with E-state index < -0.39 is 5.60 Å². The molecule has 0 aromatic carbocycles. The summed E-state index contributed by atoms with van der Waals surface area (Å²) in [7, 11) is 0. The summed E-state index contributed by atoms with van der Waals surface area (Å²) in [6, 6.07) is 2.26. The van der Waals surface area contributed by atoms with Gasteiger partial charge in [0.05, 0.1) is 12.6 Å². The topological polar surface area (TPSA) is 65.4 Å². The lowest BCUT2D eigenvalue weighted by Crippen LogP contribution is -2.52. The number of nitrogens with zero attached hydrogens (tertiary/aromatic N) is 2. The lowest BCUT2D eigenvalue weighted by molar-refractivity contribution is 0.0442. The van der Waals surface area contributed by atoms with Crippen LogP contribution in [0.4, 0.5) is 4.79 Å². The summed E-state index contributed by atoms with van der Waals surface area (Å²) in [5.74, 6) is 0.488. The number of amides is 1. The molecule has 2 unspecified atom stereocenters.